The summed E-state index contributed by atoms with van der Waals surface area (Å²) in [4.78, 5) is 12.1. The van der Waals surface area contributed by atoms with E-state index in [0.717, 1.165) is 0 Å². The first-order valence-electron chi connectivity index (χ1n) is 6.06. The van der Waals surface area contributed by atoms with Crippen molar-refractivity contribution in [2.24, 2.45) is 0 Å². The molecule has 0 saturated heterocycles. The van der Waals surface area contributed by atoms with E-state index < -0.39 is 11.7 Å². The molecule has 0 saturated carbocycles. The minimum absolute atomic E-state index is 0.00797. The van der Waals surface area contributed by atoms with Crippen LogP contribution in [0.25, 0.3) is 0 Å². The summed E-state index contributed by atoms with van der Waals surface area (Å²) in [5, 5.41) is 11.1. The molecule has 1 aromatic carbocycles. The molecule has 0 radical (unpaired) electrons. The molecule has 2 rings (SSSR count). The number of anilines is 1. The molecule has 1 amide bonds. The lowest BCUT2D eigenvalue weighted by Gasteiger charge is -2.06. The number of ether oxygens (including phenoxy) is 2. The van der Waals surface area contributed by atoms with Gasteiger partial charge in [-0.15, -0.1) is 10.2 Å². The van der Waals surface area contributed by atoms with Crippen LogP contribution in [0, 0.1) is 5.82 Å². The summed E-state index contributed by atoms with van der Waals surface area (Å²) in [5.74, 6) is -1.32. The normalized spacial score (nSPS) is 12.0. The highest BCUT2D eigenvalue weighted by molar-refractivity contribution is 7.15. The number of benzene rings is 1. The first-order valence-corrected chi connectivity index (χ1v) is 6.88. The van der Waals surface area contributed by atoms with E-state index >= 15 is 0 Å². The topological polar surface area (TPSA) is 73.3 Å². The molecule has 1 N–H and O–H groups in total. The van der Waals surface area contributed by atoms with E-state index in [0.29, 0.717) is 5.01 Å². The molecule has 112 valence electrons. The zero-order valence-electron chi connectivity index (χ0n) is 11.7. The van der Waals surface area contributed by atoms with E-state index in [4.69, 9.17) is 9.47 Å². The van der Waals surface area contributed by atoms with Crippen LogP contribution in [0.1, 0.15) is 28.4 Å². The van der Waals surface area contributed by atoms with Gasteiger partial charge in [0.15, 0.2) is 11.6 Å². The highest BCUT2D eigenvalue weighted by Gasteiger charge is 2.18. The molecule has 0 aliphatic heterocycles. The smallest absolute Gasteiger partial charge is 0.260 e. The summed E-state index contributed by atoms with van der Waals surface area (Å²) in [6, 6.07) is 4.34. The van der Waals surface area contributed by atoms with E-state index in [-0.39, 0.29) is 22.5 Å². The van der Waals surface area contributed by atoms with Crippen LogP contribution in [0.5, 0.6) is 5.75 Å². The Kier molecular flexibility index (Phi) is 4.81. The largest absolute Gasteiger partial charge is 0.494 e. The molecule has 1 atom stereocenters. The second-order valence-corrected chi connectivity index (χ2v) is 5.11. The van der Waals surface area contributed by atoms with Gasteiger partial charge in [-0.2, -0.15) is 0 Å². The molecule has 0 aliphatic carbocycles. The average Bonchev–Trinajstić information content (AvgIpc) is 2.95. The molecule has 1 unspecified atom stereocenters. The Balaban J connectivity index is 2.17. The number of carbonyl (C=O) groups excluding carboxylic acids is 1. The number of methoxy groups -OCH3 is 2. The second kappa shape index (κ2) is 6.59. The van der Waals surface area contributed by atoms with Gasteiger partial charge in [-0.1, -0.05) is 17.4 Å². The molecule has 1 aromatic heterocycles. The molecule has 21 heavy (non-hydrogen) atoms. The first-order chi connectivity index (χ1) is 10.1. The number of hydrogen-bond donors (Lipinski definition) is 1. The Hall–Kier alpha value is -2.06. The minimum Gasteiger partial charge on any atom is -0.494 e. The SMILES string of the molecule is COc1cccc(C(=O)Nc2nnc(C(C)OC)s2)c1F. The van der Waals surface area contributed by atoms with Crippen molar-refractivity contribution in [3.63, 3.8) is 0 Å². The maximum Gasteiger partial charge on any atom is 0.260 e. The number of hydrogen-bond acceptors (Lipinski definition) is 6. The van der Waals surface area contributed by atoms with E-state index in [9.17, 15) is 9.18 Å². The molecular weight excluding hydrogens is 297 g/mol. The summed E-state index contributed by atoms with van der Waals surface area (Å²) in [6.45, 7) is 1.81. The first kappa shape index (κ1) is 15.3. The zero-order valence-corrected chi connectivity index (χ0v) is 12.5. The zero-order chi connectivity index (χ0) is 15.4. The minimum atomic E-state index is -0.715. The van der Waals surface area contributed by atoms with Gasteiger partial charge in [0.25, 0.3) is 5.91 Å². The number of aromatic nitrogens is 2. The van der Waals surface area contributed by atoms with Crippen LogP contribution < -0.4 is 10.1 Å². The number of carbonyl (C=O) groups is 1. The van der Waals surface area contributed by atoms with Crippen molar-refractivity contribution < 1.29 is 18.7 Å². The Morgan fingerprint density at radius 3 is 2.81 bits per heavy atom. The van der Waals surface area contributed by atoms with Crippen LogP contribution in [-0.2, 0) is 4.74 Å². The van der Waals surface area contributed by atoms with Gasteiger partial charge in [0.2, 0.25) is 5.13 Å². The van der Waals surface area contributed by atoms with E-state index in [1.54, 1.807) is 7.11 Å². The van der Waals surface area contributed by atoms with Crippen molar-refractivity contribution >= 4 is 22.4 Å². The molecule has 8 heteroatoms. The summed E-state index contributed by atoms with van der Waals surface area (Å²) in [7, 11) is 2.89. The number of nitrogens with one attached hydrogen (secondary N) is 1. The highest BCUT2D eigenvalue weighted by Crippen LogP contribution is 2.25. The van der Waals surface area contributed by atoms with Crippen molar-refractivity contribution in [2.45, 2.75) is 13.0 Å². The standard InChI is InChI=1S/C13H14FN3O3S/c1-7(19-2)12-16-17-13(21-12)15-11(18)8-5-4-6-9(20-3)10(8)14/h4-7H,1-3H3,(H,15,17,18). The van der Waals surface area contributed by atoms with Crippen LogP contribution >= 0.6 is 11.3 Å². The number of amides is 1. The van der Waals surface area contributed by atoms with Crippen LogP contribution in [0.3, 0.4) is 0 Å². The fraction of sp³-hybridized carbons (Fsp3) is 0.308. The molecule has 0 bridgehead atoms. The quantitative estimate of drug-likeness (QED) is 0.919. The van der Waals surface area contributed by atoms with Crippen LogP contribution in [0.2, 0.25) is 0 Å². The summed E-state index contributed by atoms with van der Waals surface area (Å²) in [5.41, 5.74) is -0.120. The van der Waals surface area contributed by atoms with Gasteiger partial charge >= 0.3 is 0 Å². The van der Waals surface area contributed by atoms with E-state index in [2.05, 4.69) is 15.5 Å². The predicted molar refractivity (Wildman–Crippen MR) is 76.2 cm³/mol. The predicted octanol–water partition coefficient (Wildman–Crippen LogP) is 2.65. The molecule has 0 spiro atoms. The van der Waals surface area contributed by atoms with Gasteiger partial charge < -0.3 is 9.47 Å². The van der Waals surface area contributed by atoms with Crippen molar-refractivity contribution in [2.75, 3.05) is 19.5 Å². The maximum atomic E-state index is 14.0. The lowest BCUT2D eigenvalue weighted by atomic mass is 10.2. The van der Waals surface area contributed by atoms with Gasteiger partial charge in [0, 0.05) is 7.11 Å². The van der Waals surface area contributed by atoms with E-state index in [1.165, 1.54) is 36.6 Å². The Morgan fingerprint density at radius 1 is 1.38 bits per heavy atom. The Morgan fingerprint density at radius 2 is 2.14 bits per heavy atom. The molecule has 0 aliphatic rings. The fourth-order valence-electron chi connectivity index (χ4n) is 1.56. The lowest BCUT2D eigenvalue weighted by Crippen LogP contribution is -2.14. The Bertz CT molecular complexity index is 647. The third-order valence-electron chi connectivity index (χ3n) is 2.79. The van der Waals surface area contributed by atoms with E-state index in [1.807, 2.05) is 6.92 Å². The molecule has 1 heterocycles. The van der Waals surface area contributed by atoms with Gasteiger partial charge in [-0.25, -0.2) is 4.39 Å². The highest BCUT2D eigenvalue weighted by atomic mass is 32.1. The summed E-state index contributed by atoms with van der Waals surface area (Å²) < 4.78 is 23.9. The molecule has 6 nitrogen and oxygen atoms in total. The third-order valence-corrected chi connectivity index (χ3v) is 3.79. The van der Waals surface area contributed by atoms with Gasteiger partial charge in [0.05, 0.1) is 12.7 Å². The monoisotopic (exact) mass is 311 g/mol. The fourth-order valence-corrected chi connectivity index (χ4v) is 2.33. The van der Waals surface area contributed by atoms with Crippen molar-refractivity contribution in [1.82, 2.24) is 10.2 Å². The maximum absolute atomic E-state index is 14.0. The van der Waals surface area contributed by atoms with Crippen LogP contribution in [-0.4, -0.2) is 30.3 Å². The summed E-state index contributed by atoms with van der Waals surface area (Å²) in [6.07, 6.45) is -0.221. The van der Waals surface area contributed by atoms with Crippen molar-refractivity contribution in [1.29, 1.82) is 0 Å². The molecule has 2 aromatic rings. The van der Waals surface area contributed by atoms with Crippen LogP contribution in [0.4, 0.5) is 9.52 Å². The number of rotatable bonds is 5. The lowest BCUT2D eigenvalue weighted by molar-refractivity contribution is 0.102. The summed E-state index contributed by atoms with van der Waals surface area (Å²) >= 11 is 1.17. The second-order valence-electron chi connectivity index (χ2n) is 4.10. The molecule has 0 fully saturated rings. The Labute approximate surface area is 124 Å². The van der Waals surface area contributed by atoms with Crippen molar-refractivity contribution in [3.8, 4) is 5.75 Å². The van der Waals surface area contributed by atoms with Gasteiger partial charge in [-0.05, 0) is 19.1 Å². The van der Waals surface area contributed by atoms with Gasteiger partial charge in [-0.3, -0.25) is 10.1 Å². The third kappa shape index (κ3) is 3.34. The number of halogens is 1. The van der Waals surface area contributed by atoms with Crippen LogP contribution in [0.15, 0.2) is 18.2 Å². The van der Waals surface area contributed by atoms with Gasteiger partial charge in [0.1, 0.15) is 11.1 Å². The average molecular weight is 311 g/mol. The van der Waals surface area contributed by atoms with Crippen molar-refractivity contribution in [3.05, 3.63) is 34.6 Å². The number of nitrogens with zero attached hydrogens (tertiary/aromatic N) is 2. The molecular formula is C13H14FN3O3S.